The van der Waals surface area contributed by atoms with Crippen LogP contribution in [0.3, 0.4) is 0 Å². The number of hydrogen-bond donors (Lipinski definition) is 1. The minimum Gasteiger partial charge on any atom is -0.466 e. The molecule has 0 aromatic rings. The van der Waals surface area contributed by atoms with Crippen molar-refractivity contribution in [3.05, 3.63) is 17.9 Å². The molecule has 3 nitrogen and oxygen atoms in total. The van der Waals surface area contributed by atoms with Crippen LogP contribution in [0.2, 0.25) is 0 Å². The van der Waals surface area contributed by atoms with Crippen LogP contribution in [0.5, 0.6) is 0 Å². The van der Waals surface area contributed by atoms with Gasteiger partial charge in [0.25, 0.3) is 5.60 Å². The van der Waals surface area contributed by atoms with Gasteiger partial charge in [-0.2, -0.15) is 13.2 Å². The number of halogens is 3. The lowest BCUT2D eigenvalue weighted by atomic mass is 10.0. The molecule has 16 heavy (non-hydrogen) atoms. The zero-order valence-corrected chi connectivity index (χ0v) is 8.97. The van der Waals surface area contributed by atoms with Crippen molar-refractivity contribution in [2.24, 2.45) is 0 Å². The van der Waals surface area contributed by atoms with Crippen LogP contribution in [-0.4, -0.2) is 30.0 Å². The van der Waals surface area contributed by atoms with Gasteiger partial charge in [0.15, 0.2) is 0 Å². The van der Waals surface area contributed by atoms with Crippen molar-refractivity contribution in [3.63, 3.8) is 0 Å². The first kappa shape index (κ1) is 14.7. The lowest BCUT2D eigenvalue weighted by Gasteiger charge is -2.23. The Morgan fingerprint density at radius 3 is 2.44 bits per heavy atom. The largest absolute Gasteiger partial charge is 0.466 e. The molecule has 0 bridgehead atoms. The normalized spacial score (nSPS) is 14.6. The smallest absolute Gasteiger partial charge is 0.432 e. The summed E-state index contributed by atoms with van der Waals surface area (Å²) in [6.45, 7) is 1.83. The van der Waals surface area contributed by atoms with E-state index in [9.17, 15) is 23.1 Å². The number of methoxy groups -OCH3 is 1. The maximum Gasteiger partial charge on any atom is 0.432 e. The zero-order chi connectivity index (χ0) is 12.8. The fourth-order valence-corrected chi connectivity index (χ4v) is 0.819. The number of carbonyl (C=O) groups is 1. The summed E-state index contributed by atoms with van der Waals surface area (Å²) < 4.78 is 41.1. The van der Waals surface area contributed by atoms with Crippen LogP contribution in [0.1, 0.15) is 19.8 Å². The summed E-state index contributed by atoms with van der Waals surface area (Å²) in [5.74, 6) is -1.78. The van der Waals surface area contributed by atoms with Gasteiger partial charge in [0.05, 0.1) is 7.11 Å². The van der Waals surface area contributed by atoms with Crippen molar-refractivity contribution < 1.29 is 27.8 Å². The summed E-state index contributed by atoms with van der Waals surface area (Å²) in [5, 5.41) is 9.18. The van der Waals surface area contributed by atoms with Crippen molar-refractivity contribution in [2.75, 3.05) is 7.11 Å². The van der Waals surface area contributed by atoms with Crippen LogP contribution in [0.4, 0.5) is 13.2 Å². The summed E-state index contributed by atoms with van der Waals surface area (Å²) in [4.78, 5) is 10.9. The first-order valence-corrected chi connectivity index (χ1v) is 4.59. The van der Waals surface area contributed by atoms with Gasteiger partial charge in [-0.25, -0.2) is 4.79 Å². The molecule has 0 radical (unpaired) electrons. The van der Waals surface area contributed by atoms with Crippen molar-refractivity contribution in [1.82, 2.24) is 0 Å². The average Bonchev–Trinajstić information content (AvgIpc) is 2.21. The van der Waals surface area contributed by atoms with Gasteiger partial charge in [0.1, 0.15) is 0 Å². The fourth-order valence-electron chi connectivity index (χ4n) is 0.819. The highest BCUT2D eigenvalue weighted by Gasteiger charge is 2.59. The van der Waals surface area contributed by atoms with Gasteiger partial charge in [-0.3, -0.25) is 0 Å². The molecule has 0 heterocycles. The molecular formula is C10H13F3O3. The zero-order valence-electron chi connectivity index (χ0n) is 8.97. The molecule has 0 aromatic carbocycles. The third-order valence-electron chi connectivity index (χ3n) is 1.77. The van der Waals surface area contributed by atoms with Gasteiger partial charge in [-0.05, 0) is 12.5 Å². The van der Waals surface area contributed by atoms with Crippen molar-refractivity contribution in [2.45, 2.75) is 31.5 Å². The monoisotopic (exact) mass is 238 g/mol. The van der Waals surface area contributed by atoms with Crippen LogP contribution < -0.4 is 0 Å². The minimum absolute atomic E-state index is 0.258. The second-order valence-electron chi connectivity index (χ2n) is 3.06. The van der Waals surface area contributed by atoms with E-state index < -0.39 is 17.7 Å². The molecule has 1 atom stereocenters. The molecule has 92 valence electrons. The number of hydrogen-bond acceptors (Lipinski definition) is 3. The minimum atomic E-state index is -5.13. The quantitative estimate of drug-likeness (QED) is 0.601. The molecular weight excluding hydrogens is 225 g/mol. The van der Waals surface area contributed by atoms with Gasteiger partial charge in [-0.15, -0.1) is 5.73 Å². The Morgan fingerprint density at radius 1 is 1.50 bits per heavy atom. The predicted molar refractivity (Wildman–Crippen MR) is 50.6 cm³/mol. The first-order chi connectivity index (χ1) is 7.29. The van der Waals surface area contributed by atoms with Gasteiger partial charge in [-0.1, -0.05) is 13.3 Å². The summed E-state index contributed by atoms with van der Waals surface area (Å²) >= 11 is 0. The number of unbranched alkanes of at least 4 members (excludes halogenated alkanes) is 1. The summed E-state index contributed by atoms with van der Waals surface area (Å²) in [5.41, 5.74) is -1.51. The molecule has 1 N–H and O–H groups in total. The third-order valence-corrected chi connectivity index (χ3v) is 1.77. The van der Waals surface area contributed by atoms with Crippen LogP contribution in [0.25, 0.3) is 0 Å². The number of aliphatic hydroxyl groups is 1. The Balaban J connectivity index is 5.12. The van der Waals surface area contributed by atoms with E-state index in [4.69, 9.17) is 0 Å². The van der Waals surface area contributed by atoms with Crippen LogP contribution in [0.15, 0.2) is 17.9 Å². The molecule has 0 aliphatic heterocycles. The van der Waals surface area contributed by atoms with Crippen molar-refractivity contribution in [3.8, 4) is 0 Å². The van der Waals surface area contributed by atoms with Crippen LogP contribution in [0, 0.1) is 0 Å². The Labute approximate surface area is 91.2 Å². The second kappa shape index (κ2) is 5.72. The lowest BCUT2D eigenvalue weighted by Crippen LogP contribution is -2.50. The number of ether oxygens (including phenoxy) is 1. The Morgan fingerprint density at radius 2 is 2.06 bits per heavy atom. The second-order valence-corrected chi connectivity index (χ2v) is 3.06. The highest BCUT2D eigenvalue weighted by Crippen LogP contribution is 2.32. The van der Waals surface area contributed by atoms with E-state index in [0.717, 1.165) is 13.5 Å². The molecule has 0 spiro atoms. The Hall–Kier alpha value is -1.26. The van der Waals surface area contributed by atoms with Gasteiger partial charge in [0, 0.05) is 6.08 Å². The number of rotatable bonds is 4. The molecule has 6 heteroatoms. The molecule has 0 saturated carbocycles. The predicted octanol–water partition coefficient (Wildman–Crippen LogP) is 1.96. The number of esters is 1. The average molecular weight is 238 g/mol. The molecule has 0 amide bonds. The van der Waals surface area contributed by atoms with Crippen LogP contribution in [-0.2, 0) is 9.53 Å². The summed E-state index contributed by atoms with van der Waals surface area (Å²) in [7, 11) is 0.767. The highest BCUT2D eigenvalue weighted by molar-refractivity contribution is 5.82. The van der Waals surface area contributed by atoms with Crippen molar-refractivity contribution in [1.29, 1.82) is 0 Å². The van der Waals surface area contributed by atoms with Crippen LogP contribution >= 0.6 is 0 Å². The standard InChI is InChI=1S/C10H13F3O3/c1-3-4-5-6-7-9(15,8(14)16-2)10(11,12)13/h5,7,15H,3-4H2,1-2H3/t6?,9-/m1/s1. The van der Waals surface area contributed by atoms with E-state index in [-0.39, 0.29) is 6.08 Å². The van der Waals surface area contributed by atoms with E-state index in [2.05, 4.69) is 10.5 Å². The summed E-state index contributed by atoms with van der Waals surface area (Å²) in [6, 6.07) is 0. The maximum atomic E-state index is 12.4. The van der Waals surface area contributed by atoms with Gasteiger partial charge >= 0.3 is 12.1 Å². The molecule has 0 unspecified atom stereocenters. The van der Waals surface area contributed by atoms with E-state index in [1.54, 1.807) is 0 Å². The molecule has 0 aliphatic carbocycles. The van der Waals surface area contributed by atoms with E-state index >= 15 is 0 Å². The lowest BCUT2D eigenvalue weighted by molar-refractivity contribution is -0.244. The number of carbonyl (C=O) groups excluding carboxylic acids is 1. The molecule has 0 aliphatic rings. The molecule has 0 fully saturated rings. The SMILES string of the molecule is CCCC=C=C[C@@](O)(C(=O)OC)C(F)(F)F. The molecule has 0 aromatic heterocycles. The highest BCUT2D eigenvalue weighted by atomic mass is 19.4. The Bertz CT molecular complexity index is 303. The third kappa shape index (κ3) is 3.40. The number of alkyl halides is 3. The Kier molecular flexibility index (Phi) is 5.27. The topological polar surface area (TPSA) is 46.5 Å². The maximum absolute atomic E-state index is 12.4. The van der Waals surface area contributed by atoms with E-state index in [1.807, 2.05) is 6.92 Å². The van der Waals surface area contributed by atoms with Gasteiger partial charge in [0.2, 0.25) is 0 Å². The fraction of sp³-hybridized carbons (Fsp3) is 0.600. The van der Waals surface area contributed by atoms with Gasteiger partial charge < -0.3 is 9.84 Å². The van der Waals surface area contributed by atoms with E-state index in [1.165, 1.54) is 6.08 Å². The van der Waals surface area contributed by atoms with E-state index in [0.29, 0.717) is 6.42 Å². The molecule has 0 saturated heterocycles. The first-order valence-electron chi connectivity index (χ1n) is 4.59. The van der Waals surface area contributed by atoms with Crippen molar-refractivity contribution >= 4 is 5.97 Å². The summed E-state index contributed by atoms with van der Waals surface area (Å²) in [6.07, 6.45) is -2.34. The molecule has 0 rings (SSSR count).